The molecule has 7 nitrogen and oxygen atoms in total. The van der Waals surface area contributed by atoms with Gasteiger partial charge in [0.1, 0.15) is 5.75 Å². The molecule has 0 saturated heterocycles. The summed E-state index contributed by atoms with van der Waals surface area (Å²) in [6.45, 7) is 4.09. The SMILES string of the molecule is CC(C)c1ccc(S(=O)(=O)Nc2ccc(Oc3cccc(C(N)=O)c3)nc2)cc1. The second kappa shape index (κ2) is 8.32. The number of hydrogen-bond acceptors (Lipinski definition) is 5. The van der Waals surface area contributed by atoms with Crippen LogP contribution in [0.3, 0.4) is 0 Å². The van der Waals surface area contributed by atoms with E-state index >= 15 is 0 Å². The smallest absolute Gasteiger partial charge is 0.261 e. The zero-order chi connectivity index (χ0) is 21.0. The summed E-state index contributed by atoms with van der Waals surface area (Å²) < 4.78 is 33.2. The third-order valence-corrected chi connectivity index (χ3v) is 5.58. The van der Waals surface area contributed by atoms with Crippen molar-refractivity contribution in [3.63, 3.8) is 0 Å². The number of benzene rings is 2. The van der Waals surface area contributed by atoms with Gasteiger partial charge in [-0.15, -0.1) is 0 Å². The Morgan fingerprint density at radius 1 is 1.07 bits per heavy atom. The molecule has 1 aromatic heterocycles. The Morgan fingerprint density at radius 3 is 2.38 bits per heavy atom. The van der Waals surface area contributed by atoms with Crippen molar-refractivity contribution in [3.8, 4) is 11.6 Å². The van der Waals surface area contributed by atoms with Crippen LogP contribution in [0.5, 0.6) is 11.6 Å². The largest absolute Gasteiger partial charge is 0.439 e. The quantitative estimate of drug-likeness (QED) is 0.612. The molecule has 3 aromatic rings. The van der Waals surface area contributed by atoms with E-state index in [4.69, 9.17) is 10.5 Å². The van der Waals surface area contributed by atoms with Crippen LogP contribution in [0.15, 0.2) is 71.8 Å². The molecule has 8 heteroatoms. The van der Waals surface area contributed by atoms with Gasteiger partial charge < -0.3 is 10.5 Å². The van der Waals surface area contributed by atoms with Gasteiger partial charge in [0.2, 0.25) is 11.8 Å². The van der Waals surface area contributed by atoms with Crippen molar-refractivity contribution in [2.75, 3.05) is 4.72 Å². The molecular weight excluding hydrogens is 390 g/mol. The third kappa shape index (κ3) is 5.11. The Balaban J connectivity index is 1.71. The molecule has 1 heterocycles. The Labute approximate surface area is 169 Å². The van der Waals surface area contributed by atoms with E-state index in [1.54, 1.807) is 48.5 Å². The van der Waals surface area contributed by atoms with E-state index in [-0.39, 0.29) is 10.8 Å². The number of primary amides is 1. The van der Waals surface area contributed by atoms with Crippen LogP contribution in [0.25, 0.3) is 0 Å². The lowest BCUT2D eigenvalue weighted by molar-refractivity contribution is 0.1000. The summed E-state index contributed by atoms with van der Waals surface area (Å²) in [6, 6.07) is 16.2. The van der Waals surface area contributed by atoms with Gasteiger partial charge in [0.05, 0.1) is 16.8 Å². The lowest BCUT2D eigenvalue weighted by atomic mass is 10.0. The lowest BCUT2D eigenvalue weighted by Crippen LogP contribution is -2.13. The molecule has 0 radical (unpaired) electrons. The predicted octanol–water partition coefficient (Wildman–Crippen LogP) is 3.90. The number of aromatic nitrogens is 1. The molecule has 1 amide bonds. The van der Waals surface area contributed by atoms with Crippen molar-refractivity contribution < 1.29 is 17.9 Å². The number of amides is 1. The first-order chi connectivity index (χ1) is 13.7. The first kappa shape index (κ1) is 20.3. The molecule has 0 fully saturated rings. The molecule has 2 aromatic carbocycles. The van der Waals surface area contributed by atoms with E-state index in [0.717, 1.165) is 5.56 Å². The van der Waals surface area contributed by atoms with Crippen LogP contribution < -0.4 is 15.2 Å². The normalized spacial score (nSPS) is 11.3. The summed E-state index contributed by atoms with van der Waals surface area (Å²) in [5, 5.41) is 0. The van der Waals surface area contributed by atoms with E-state index in [1.807, 2.05) is 13.8 Å². The van der Waals surface area contributed by atoms with Gasteiger partial charge in [-0.25, -0.2) is 13.4 Å². The van der Waals surface area contributed by atoms with E-state index < -0.39 is 15.9 Å². The van der Waals surface area contributed by atoms with Crippen LogP contribution in [-0.4, -0.2) is 19.3 Å². The molecule has 0 aliphatic heterocycles. The van der Waals surface area contributed by atoms with Crippen molar-refractivity contribution >= 4 is 21.6 Å². The fraction of sp³-hybridized carbons (Fsp3) is 0.143. The van der Waals surface area contributed by atoms with Crippen LogP contribution in [0, 0.1) is 0 Å². The van der Waals surface area contributed by atoms with Gasteiger partial charge in [0, 0.05) is 11.6 Å². The number of ether oxygens (including phenoxy) is 1. The molecule has 0 aliphatic carbocycles. The van der Waals surface area contributed by atoms with Crippen LogP contribution >= 0.6 is 0 Å². The average molecular weight is 411 g/mol. The first-order valence-corrected chi connectivity index (χ1v) is 10.4. The zero-order valence-electron chi connectivity index (χ0n) is 16.0. The van der Waals surface area contributed by atoms with Gasteiger partial charge in [-0.1, -0.05) is 32.0 Å². The highest BCUT2D eigenvalue weighted by Gasteiger charge is 2.15. The minimum absolute atomic E-state index is 0.172. The van der Waals surface area contributed by atoms with E-state index in [2.05, 4.69) is 9.71 Å². The topological polar surface area (TPSA) is 111 Å². The standard InChI is InChI=1S/C21H21N3O4S/c1-14(2)15-6-9-19(10-7-15)29(26,27)24-17-8-11-20(23-13-17)28-18-5-3-4-16(12-18)21(22)25/h3-14,24H,1-2H3,(H2,22,25). The minimum atomic E-state index is -3.72. The Hall–Kier alpha value is -3.39. The molecule has 29 heavy (non-hydrogen) atoms. The number of nitrogens with one attached hydrogen (secondary N) is 1. The van der Waals surface area contributed by atoms with E-state index in [1.165, 1.54) is 18.3 Å². The van der Waals surface area contributed by atoms with Gasteiger partial charge in [-0.2, -0.15) is 0 Å². The first-order valence-electron chi connectivity index (χ1n) is 8.91. The van der Waals surface area contributed by atoms with Gasteiger partial charge in [0.25, 0.3) is 10.0 Å². The Morgan fingerprint density at radius 2 is 1.79 bits per heavy atom. The monoisotopic (exact) mass is 411 g/mol. The number of anilines is 1. The summed E-state index contributed by atoms with van der Waals surface area (Å²) in [6.07, 6.45) is 1.35. The highest BCUT2D eigenvalue weighted by Crippen LogP contribution is 2.23. The van der Waals surface area contributed by atoms with Gasteiger partial charge in [0.15, 0.2) is 0 Å². The fourth-order valence-corrected chi connectivity index (χ4v) is 3.62. The highest BCUT2D eigenvalue weighted by molar-refractivity contribution is 7.92. The molecule has 150 valence electrons. The van der Waals surface area contributed by atoms with Crippen molar-refractivity contribution in [1.82, 2.24) is 4.98 Å². The van der Waals surface area contributed by atoms with Crippen LogP contribution in [0.1, 0.15) is 35.7 Å². The molecule has 3 rings (SSSR count). The summed E-state index contributed by atoms with van der Waals surface area (Å²) in [4.78, 5) is 15.5. The maximum atomic E-state index is 12.5. The van der Waals surface area contributed by atoms with Crippen molar-refractivity contribution in [2.45, 2.75) is 24.7 Å². The number of carbonyl (C=O) groups is 1. The van der Waals surface area contributed by atoms with Crippen LogP contribution in [0.4, 0.5) is 5.69 Å². The molecule has 0 atom stereocenters. The number of nitrogens with two attached hydrogens (primary N) is 1. The predicted molar refractivity (Wildman–Crippen MR) is 111 cm³/mol. The van der Waals surface area contributed by atoms with Gasteiger partial charge >= 0.3 is 0 Å². The Kier molecular flexibility index (Phi) is 5.84. The molecule has 0 aliphatic rings. The maximum absolute atomic E-state index is 12.5. The van der Waals surface area contributed by atoms with Gasteiger partial charge in [-0.05, 0) is 47.9 Å². The van der Waals surface area contributed by atoms with Crippen LogP contribution in [-0.2, 0) is 10.0 Å². The summed E-state index contributed by atoms with van der Waals surface area (Å²) in [5.74, 6) is 0.401. The van der Waals surface area contributed by atoms with E-state index in [0.29, 0.717) is 22.9 Å². The molecular formula is C21H21N3O4S. The lowest BCUT2D eigenvalue weighted by Gasteiger charge is -2.10. The number of hydrogen-bond donors (Lipinski definition) is 2. The van der Waals surface area contributed by atoms with Gasteiger partial charge in [-0.3, -0.25) is 9.52 Å². The Bertz CT molecular complexity index is 1110. The second-order valence-corrected chi connectivity index (χ2v) is 8.39. The average Bonchev–Trinajstić information content (AvgIpc) is 2.69. The van der Waals surface area contributed by atoms with Crippen molar-refractivity contribution in [2.24, 2.45) is 5.73 Å². The van der Waals surface area contributed by atoms with Crippen molar-refractivity contribution in [3.05, 3.63) is 78.0 Å². The molecule has 0 bridgehead atoms. The number of rotatable bonds is 7. The summed E-state index contributed by atoms with van der Waals surface area (Å²) >= 11 is 0. The minimum Gasteiger partial charge on any atom is -0.439 e. The van der Waals surface area contributed by atoms with Crippen molar-refractivity contribution in [1.29, 1.82) is 0 Å². The molecule has 0 spiro atoms. The van der Waals surface area contributed by atoms with E-state index in [9.17, 15) is 13.2 Å². The number of nitrogens with zero attached hydrogens (tertiary/aromatic N) is 1. The second-order valence-electron chi connectivity index (χ2n) is 6.71. The molecule has 0 unspecified atom stereocenters. The fourth-order valence-electron chi connectivity index (χ4n) is 2.58. The highest BCUT2D eigenvalue weighted by atomic mass is 32.2. The molecule has 0 saturated carbocycles. The zero-order valence-corrected chi connectivity index (χ0v) is 16.8. The summed E-state index contributed by atoms with van der Waals surface area (Å²) in [5.41, 5.74) is 6.93. The molecule has 3 N–H and O–H groups in total. The number of pyridine rings is 1. The van der Waals surface area contributed by atoms with Crippen LogP contribution in [0.2, 0.25) is 0 Å². The number of sulfonamides is 1. The third-order valence-electron chi connectivity index (χ3n) is 4.19. The summed E-state index contributed by atoms with van der Waals surface area (Å²) in [7, 11) is -3.72. The maximum Gasteiger partial charge on any atom is 0.261 e. The number of carbonyl (C=O) groups excluding carboxylic acids is 1.